The second kappa shape index (κ2) is 9.82. The zero-order chi connectivity index (χ0) is 13.9. The Balaban J connectivity index is 2.08. The van der Waals surface area contributed by atoms with Crippen molar-refractivity contribution in [2.75, 3.05) is 33.2 Å². The minimum Gasteiger partial charge on any atom is -0.330 e. The van der Waals surface area contributed by atoms with Gasteiger partial charge in [-0.25, -0.2) is 0 Å². The van der Waals surface area contributed by atoms with Crippen molar-refractivity contribution >= 4 is 11.9 Å². The van der Waals surface area contributed by atoms with E-state index in [4.69, 9.17) is 11.0 Å². The third kappa shape index (κ3) is 7.19. The van der Waals surface area contributed by atoms with Gasteiger partial charge in [0.1, 0.15) is 0 Å². The highest BCUT2D eigenvalue weighted by Crippen LogP contribution is 2.14. The molecule has 0 aliphatic carbocycles. The zero-order valence-corrected chi connectivity index (χ0v) is 12.2. The summed E-state index contributed by atoms with van der Waals surface area (Å²) in [5.74, 6) is 0. The molecule has 0 unspecified atom stereocenters. The lowest BCUT2D eigenvalue weighted by molar-refractivity contribution is 0.327. The first-order chi connectivity index (χ1) is 9.26. The first kappa shape index (κ1) is 16.0. The van der Waals surface area contributed by atoms with Crippen molar-refractivity contribution in [3.05, 3.63) is 29.8 Å². The van der Waals surface area contributed by atoms with Crippen molar-refractivity contribution in [3.8, 4) is 6.07 Å². The average molecular weight is 278 g/mol. The third-order valence-corrected chi connectivity index (χ3v) is 3.59. The summed E-state index contributed by atoms with van der Waals surface area (Å²) in [6.45, 7) is 3.88. The highest BCUT2D eigenvalue weighted by Gasteiger charge is 1.98. The second-order valence-electron chi connectivity index (χ2n) is 4.43. The topological polar surface area (TPSA) is 65.1 Å². The van der Waals surface area contributed by atoms with Gasteiger partial charge in [0, 0.05) is 11.4 Å². The van der Waals surface area contributed by atoms with Gasteiger partial charge in [-0.05, 0) is 75.7 Å². The van der Waals surface area contributed by atoms with Gasteiger partial charge in [-0.3, -0.25) is 4.72 Å². The maximum atomic E-state index is 8.70. The van der Waals surface area contributed by atoms with Crippen LogP contribution in [0.4, 0.5) is 0 Å². The van der Waals surface area contributed by atoms with Crippen molar-refractivity contribution in [1.82, 2.24) is 9.62 Å². The van der Waals surface area contributed by atoms with Crippen LogP contribution >= 0.6 is 11.9 Å². The lowest BCUT2D eigenvalue weighted by Gasteiger charge is -2.15. The summed E-state index contributed by atoms with van der Waals surface area (Å²) >= 11 is 1.61. The minimum atomic E-state index is 0.700. The molecule has 0 spiro atoms. The van der Waals surface area contributed by atoms with Crippen LogP contribution in [0.5, 0.6) is 0 Å². The molecule has 1 aromatic rings. The molecule has 104 valence electrons. The Labute approximate surface area is 120 Å². The van der Waals surface area contributed by atoms with Gasteiger partial charge in [-0.1, -0.05) is 0 Å². The van der Waals surface area contributed by atoms with Crippen LogP contribution in [0.25, 0.3) is 0 Å². The summed E-state index contributed by atoms with van der Waals surface area (Å²) in [6.07, 6.45) is 2.17. The highest BCUT2D eigenvalue weighted by molar-refractivity contribution is 7.97. The lowest BCUT2D eigenvalue weighted by atomic mass is 10.2. The largest absolute Gasteiger partial charge is 0.330 e. The van der Waals surface area contributed by atoms with E-state index in [2.05, 4.69) is 22.7 Å². The smallest absolute Gasteiger partial charge is 0.0991 e. The van der Waals surface area contributed by atoms with Crippen LogP contribution in [0.2, 0.25) is 0 Å². The van der Waals surface area contributed by atoms with Gasteiger partial charge in [0.15, 0.2) is 0 Å². The fraction of sp³-hybridized carbons (Fsp3) is 0.500. The molecule has 0 saturated heterocycles. The first-order valence-electron chi connectivity index (χ1n) is 6.54. The molecule has 3 N–H and O–H groups in total. The molecule has 4 nitrogen and oxygen atoms in total. The van der Waals surface area contributed by atoms with E-state index in [1.807, 2.05) is 24.3 Å². The number of nitrogens with zero attached hydrogens (tertiary/aromatic N) is 2. The number of nitriles is 1. The van der Waals surface area contributed by atoms with Crippen LogP contribution in [0.3, 0.4) is 0 Å². The number of hydrogen-bond donors (Lipinski definition) is 2. The Hall–Kier alpha value is -1.06. The highest BCUT2D eigenvalue weighted by atomic mass is 32.2. The SMILES string of the molecule is CN(CCCN)CCCNSc1ccc(C#N)cc1. The van der Waals surface area contributed by atoms with Gasteiger partial charge in [0.25, 0.3) is 0 Å². The summed E-state index contributed by atoms with van der Waals surface area (Å²) in [5.41, 5.74) is 6.18. The van der Waals surface area contributed by atoms with E-state index in [1.165, 1.54) is 0 Å². The standard InChI is InChI=1S/C14H22N4S/c1-18(10-2-8-15)11-3-9-17-19-14-6-4-13(12-16)5-7-14/h4-7,17H,2-3,8-11,15H2,1H3. The number of benzene rings is 1. The third-order valence-electron chi connectivity index (χ3n) is 2.74. The normalized spacial score (nSPS) is 10.6. The Kier molecular flexibility index (Phi) is 8.26. The molecule has 0 aromatic heterocycles. The monoisotopic (exact) mass is 278 g/mol. The zero-order valence-electron chi connectivity index (χ0n) is 11.4. The minimum absolute atomic E-state index is 0.700. The Morgan fingerprint density at radius 1 is 1.26 bits per heavy atom. The summed E-state index contributed by atoms with van der Waals surface area (Å²) in [4.78, 5) is 3.44. The molecule has 0 aliphatic heterocycles. The Morgan fingerprint density at radius 2 is 1.95 bits per heavy atom. The average Bonchev–Trinajstić information content (AvgIpc) is 2.45. The molecular formula is C14H22N4S. The Morgan fingerprint density at radius 3 is 2.58 bits per heavy atom. The van der Waals surface area contributed by atoms with E-state index >= 15 is 0 Å². The molecule has 0 heterocycles. The number of rotatable bonds is 9. The molecule has 19 heavy (non-hydrogen) atoms. The first-order valence-corrected chi connectivity index (χ1v) is 7.36. The molecule has 0 bridgehead atoms. The molecule has 0 atom stereocenters. The van der Waals surface area contributed by atoms with Gasteiger partial charge in [0.2, 0.25) is 0 Å². The summed E-state index contributed by atoms with van der Waals surface area (Å²) in [7, 11) is 2.13. The molecule has 0 aliphatic rings. The van der Waals surface area contributed by atoms with Gasteiger partial charge < -0.3 is 10.6 Å². The van der Waals surface area contributed by atoms with E-state index < -0.39 is 0 Å². The number of nitrogens with two attached hydrogens (primary N) is 1. The van der Waals surface area contributed by atoms with Crippen LogP contribution in [-0.2, 0) is 0 Å². The van der Waals surface area contributed by atoms with E-state index in [0.717, 1.165) is 43.9 Å². The van der Waals surface area contributed by atoms with Crippen LogP contribution in [0.15, 0.2) is 29.2 Å². The van der Waals surface area contributed by atoms with E-state index in [1.54, 1.807) is 11.9 Å². The van der Waals surface area contributed by atoms with E-state index in [0.29, 0.717) is 5.56 Å². The van der Waals surface area contributed by atoms with Crippen LogP contribution < -0.4 is 10.5 Å². The summed E-state index contributed by atoms with van der Waals surface area (Å²) in [5, 5.41) is 8.70. The summed E-state index contributed by atoms with van der Waals surface area (Å²) < 4.78 is 3.33. The summed E-state index contributed by atoms with van der Waals surface area (Å²) in [6, 6.07) is 9.72. The molecule has 0 saturated carbocycles. The maximum Gasteiger partial charge on any atom is 0.0991 e. The van der Waals surface area contributed by atoms with E-state index in [-0.39, 0.29) is 0 Å². The number of nitrogens with one attached hydrogen (secondary N) is 1. The maximum absolute atomic E-state index is 8.70. The molecule has 0 radical (unpaired) electrons. The second-order valence-corrected chi connectivity index (χ2v) is 5.40. The lowest BCUT2D eigenvalue weighted by Crippen LogP contribution is -2.24. The molecule has 5 heteroatoms. The van der Waals surface area contributed by atoms with Crippen molar-refractivity contribution in [2.45, 2.75) is 17.7 Å². The van der Waals surface area contributed by atoms with Crippen molar-refractivity contribution < 1.29 is 0 Å². The van der Waals surface area contributed by atoms with Crippen LogP contribution in [-0.4, -0.2) is 38.1 Å². The van der Waals surface area contributed by atoms with Crippen LogP contribution in [0, 0.1) is 11.3 Å². The van der Waals surface area contributed by atoms with Gasteiger partial charge in [0.05, 0.1) is 11.6 Å². The quantitative estimate of drug-likeness (QED) is 0.533. The van der Waals surface area contributed by atoms with Crippen molar-refractivity contribution in [1.29, 1.82) is 5.26 Å². The van der Waals surface area contributed by atoms with Gasteiger partial charge in [-0.2, -0.15) is 5.26 Å². The fourth-order valence-corrected chi connectivity index (χ4v) is 2.31. The van der Waals surface area contributed by atoms with Crippen molar-refractivity contribution in [3.63, 3.8) is 0 Å². The predicted molar refractivity (Wildman–Crippen MR) is 80.8 cm³/mol. The fourth-order valence-electron chi connectivity index (χ4n) is 1.63. The molecule has 0 amide bonds. The predicted octanol–water partition coefficient (Wildman–Crippen LogP) is 1.83. The molecular weight excluding hydrogens is 256 g/mol. The van der Waals surface area contributed by atoms with Gasteiger partial charge >= 0.3 is 0 Å². The molecule has 1 rings (SSSR count). The van der Waals surface area contributed by atoms with Crippen molar-refractivity contribution in [2.24, 2.45) is 5.73 Å². The van der Waals surface area contributed by atoms with Crippen LogP contribution in [0.1, 0.15) is 18.4 Å². The number of hydrogen-bond acceptors (Lipinski definition) is 5. The van der Waals surface area contributed by atoms with Gasteiger partial charge in [-0.15, -0.1) is 0 Å². The molecule has 0 fully saturated rings. The van der Waals surface area contributed by atoms with E-state index in [9.17, 15) is 0 Å². The Bertz CT molecular complexity index is 385. The molecule has 1 aromatic carbocycles.